The first kappa shape index (κ1) is 30.7. The predicted octanol–water partition coefficient (Wildman–Crippen LogP) is 4.94. The zero-order chi connectivity index (χ0) is 28.1. The number of amides is 1. The highest BCUT2D eigenvalue weighted by molar-refractivity contribution is 5.82. The van der Waals surface area contributed by atoms with E-state index in [0.717, 1.165) is 24.8 Å². The Kier molecular flexibility index (Phi) is 12.3. The minimum atomic E-state index is -1.41. The Balaban J connectivity index is 1.63. The highest BCUT2D eigenvalue weighted by atomic mass is 19.1. The molecule has 218 valence electrons. The number of hydrogen-bond acceptors (Lipinski definition) is 7. The van der Waals surface area contributed by atoms with Gasteiger partial charge < -0.3 is 20.7 Å². The van der Waals surface area contributed by atoms with Crippen molar-refractivity contribution >= 4 is 17.9 Å². The van der Waals surface area contributed by atoms with Gasteiger partial charge in [-0.05, 0) is 55.9 Å². The number of nitrogens with zero attached hydrogens (tertiary/aromatic N) is 2. The quantitative estimate of drug-likeness (QED) is 0.0795. The third-order valence-corrected chi connectivity index (χ3v) is 8.18. The molecule has 1 saturated heterocycles. The van der Waals surface area contributed by atoms with E-state index in [1.807, 2.05) is 30.3 Å². The van der Waals surface area contributed by atoms with E-state index >= 15 is 4.39 Å². The number of hydrazone groups is 1. The number of alkyl halides is 1. The summed E-state index contributed by atoms with van der Waals surface area (Å²) in [5.74, 6) is 10.7. The van der Waals surface area contributed by atoms with Crippen LogP contribution >= 0.6 is 0 Å². The van der Waals surface area contributed by atoms with E-state index in [1.165, 1.54) is 24.2 Å². The fourth-order valence-electron chi connectivity index (χ4n) is 5.85. The van der Waals surface area contributed by atoms with Gasteiger partial charge in [-0.25, -0.2) is 19.8 Å². The monoisotopic (exact) mass is 547 g/mol. The van der Waals surface area contributed by atoms with Gasteiger partial charge in [-0.2, -0.15) is 5.10 Å². The largest absolute Gasteiger partial charge is 0.464 e. The number of fused-ring (bicyclic) bond motifs is 1. The molecule has 4 unspecified atom stereocenters. The molecule has 1 saturated carbocycles. The lowest BCUT2D eigenvalue weighted by atomic mass is 9.67. The molecule has 3 rings (SSSR count). The van der Waals surface area contributed by atoms with E-state index in [2.05, 4.69) is 17.5 Å². The maximum Gasteiger partial charge on any atom is 0.410 e. The standard InChI is InChI=1S/C29H46FN5O4/c1-2-3-4-5-6-10-17-38-27(36)25-18-24-19-29(30,16-14-26(33-31)34-32)15-13-23(24)20-35(25)28(37)39-21-22-11-8-7-9-12-22/h7-9,11-12,23-25H,2-6,10,13-21,31-32H2,1H3,(H,33,34). The Labute approximate surface area is 231 Å². The summed E-state index contributed by atoms with van der Waals surface area (Å²) in [5.41, 5.74) is 1.87. The summed E-state index contributed by atoms with van der Waals surface area (Å²) in [7, 11) is 0. The van der Waals surface area contributed by atoms with Crippen molar-refractivity contribution in [3.8, 4) is 0 Å². The number of benzene rings is 1. The minimum absolute atomic E-state index is 0.0439. The fourth-order valence-corrected chi connectivity index (χ4v) is 5.85. The average molecular weight is 548 g/mol. The van der Waals surface area contributed by atoms with Gasteiger partial charge in [-0.1, -0.05) is 69.4 Å². The molecule has 1 aliphatic carbocycles. The van der Waals surface area contributed by atoms with Crippen LogP contribution in [0, 0.1) is 11.8 Å². The molecule has 10 heteroatoms. The van der Waals surface area contributed by atoms with Gasteiger partial charge in [-0.15, -0.1) is 0 Å². The molecule has 2 fully saturated rings. The molecule has 0 bridgehead atoms. The van der Waals surface area contributed by atoms with Gasteiger partial charge in [0.2, 0.25) is 0 Å². The second-order valence-corrected chi connectivity index (χ2v) is 11.0. The van der Waals surface area contributed by atoms with Gasteiger partial charge in [-0.3, -0.25) is 4.90 Å². The number of ether oxygens (including phenoxy) is 2. The topological polar surface area (TPSA) is 132 Å². The van der Waals surface area contributed by atoms with Crippen molar-refractivity contribution in [2.45, 2.75) is 102 Å². The molecule has 0 aromatic heterocycles. The maximum absolute atomic E-state index is 15.9. The lowest BCUT2D eigenvalue weighted by Crippen LogP contribution is -2.56. The molecule has 1 aromatic rings. The van der Waals surface area contributed by atoms with E-state index in [1.54, 1.807) is 0 Å². The normalized spacial score (nSPS) is 25.1. The van der Waals surface area contributed by atoms with Crippen molar-refractivity contribution in [2.75, 3.05) is 13.2 Å². The number of rotatable bonds is 13. The van der Waals surface area contributed by atoms with Crippen LogP contribution in [-0.4, -0.2) is 47.7 Å². The third kappa shape index (κ3) is 9.37. The van der Waals surface area contributed by atoms with Crippen LogP contribution in [0.1, 0.15) is 89.5 Å². The predicted molar refractivity (Wildman–Crippen MR) is 149 cm³/mol. The van der Waals surface area contributed by atoms with Crippen molar-refractivity contribution < 1.29 is 23.5 Å². The molecule has 1 heterocycles. The number of hydrazine groups is 1. The van der Waals surface area contributed by atoms with Crippen LogP contribution in [0.15, 0.2) is 35.4 Å². The number of nitrogens with two attached hydrogens (primary N) is 2. The van der Waals surface area contributed by atoms with Gasteiger partial charge >= 0.3 is 12.1 Å². The number of carbonyl (C=O) groups excluding carboxylic acids is 2. The van der Waals surface area contributed by atoms with Crippen LogP contribution < -0.4 is 17.1 Å². The summed E-state index contributed by atoms with van der Waals surface area (Å²) in [6.07, 6.45) is 8.17. The molecular formula is C29H46FN5O4. The van der Waals surface area contributed by atoms with E-state index in [4.69, 9.17) is 21.2 Å². The number of piperidine rings is 1. The molecule has 4 atom stereocenters. The zero-order valence-corrected chi connectivity index (χ0v) is 23.3. The van der Waals surface area contributed by atoms with E-state index in [-0.39, 0.29) is 24.9 Å². The number of halogens is 1. The summed E-state index contributed by atoms with van der Waals surface area (Å²) < 4.78 is 27.1. The Morgan fingerprint density at radius 1 is 1.13 bits per heavy atom. The van der Waals surface area contributed by atoms with Crippen molar-refractivity contribution in [1.29, 1.82) is 0 Å². The molecule has 1 aliphatic heterocycles. The van der Waals surface area contributed by atoms with Crippen molar-refractivity contribution in [3.63, 3.8) is 0 Å². The number of carbonyl (C=O) groups is 2. The van der Waals surface area contributed by atoms with Gasteiger partial charge in [0.1, 0.15) is 24.2 Å². The third-order valence-electron chi connectivity index (χ3n) is 8.18. The van der Waals surface area contributed by atoms with Crippen LogP contribution in [0.2, 0.25) is 0 Å². The smallest absolute Gasteiger partial charge is 0.410 e. The van der Waals surface area contributed by atoms with Crippen LogP contribution in [0.4, 0.5) is 9.18 Å². The molecule has 9 nitrogen and oxygen atoms in total. The van der Waals surface area contributed by atoms with Gasteiger partial charge in [0.05, 0.1) is 6.61 Å². The lowest BCUT2D eigenvalue weighted by molar-refractivity contribution is -0.154. The van der Waals surface area contributed by atoms with Gasteiger partial charge in [0.15, 0.2) is 0 Å². The maximum atomic E-state index is 15.9. The van der Waals surface area contributed by atoms with E-state index in [0.29, 0.717) is 51.1 Å². The van der Waals surface area contributed by atoms with Crippen LogP contribution in [-0.2, 0) is 20.9 Å². The Morgan fingerprint density at radius 2 is 1.87 bits per heavy atom. The zero-order valence-electron chi connectivity index (χ0n) is 23.3. The van der Waals surface area contributed by atoms with Crippen molar-refractivity contribution in [2.24, 2.45) is 28.6 Å². The van der Waals surface area contributed by atoms with Gasteiger partial charge in [0, 0.05) is 13.0 Å². The summed E-state index contributed by atoms with van der Waals surface area (Å²) in [6.45, 7) is 2.97. The number of hydrogen-bond donors (Lipinski definition) is 3. The molecule has 0 spiro atoms. The highest BCUT2D eigenvalue weighted by Crippen LogP contribution is 2.46. The first-order valence-electron chi connectivity index (χ1n) is 14.5. The first-order valence-corrected chi connectivity index (χ1v) is 14.5. The van der Waals surface area contributed by atoms with E-state index < -0.39 is 23.8 Å². The molecule has 2 aliphatic rings. The molecule has 5 N–H and O–H groups in total. The first-order chi connectivity index (χ1) is 18.9. The second-order valence-electron chi connectivity index (χ2n) is 11.0. The number of nitrogens with one attached hydrogen (secondary N) is 1. The average Bonchev–Trinajstić information content (AvgIpc) is 2.95. The highest BCUT2D eigenvalue weighted by Gasteiger charge is 2.49. The molecule has 0 radical (unpaired) electrons. The summed E-state index contributed by atoms with van der Waals surface area (Å²) in [4.78, 5) is 27.9. The van der Waals surface area contributed by atoms with E-state index in [9.17, 15) is 9.59 Å². The Morgan fingerprint density at radius 3 is 2.59 bits per heavy atom. The van der Waals surface area contributed by atoms with Crippen LogP contribution in [0.25, 0.3) is 0 Å². The number of likely N-dealkylation sites (tertiary alicyclic amines) is 1. The summed E-state index contributed by atoms with van der Waals surface area (Å²) in [5, 5.41) is 3.56. The number of unbranched alkanes of at least 4 members (excludes halogenated alkanes) is 5. The molecule has 1 amide bonds. The summed E-state index contributed by atoms with van der Waals surface area (Å²) in [6, 6.07) is 8.64. The Bertz CT molecular complexity index is 934. The summed E-state index contributed by atoms with van der Waals surface area (Å²) >= 11 is 0. The Hall–Kier alpha value is -2.88. The number of esters is 1. The number of amidine groups is 1. The fraction of sp³-hybridized carbons (Fsp3) is 0.690. The van der Waals surface area contributed by atoms with Crippen LogP contribution in [0.5, 0.6) is 0 Å². The lowest BCUT2D eigenvalue weighted by Gasteiger charge is -2.48. The van der Waals surface area contributed by atoms with Crippen LogP contribution in [0.3, 0.4) is 0 Å². The molecular weight excluding hydrogens is 501 g/mol. The molecule has 39 heavy (non-hydrogen) atoms. The SMILES string of the molecule is CCCCCCCCOC(=O)C1CC2CC(F)(CC/C(=N/N)NN)CCC2CN1C(=O)OCc1ccccc1. The van der Waals surface area contributed by atoms with Crippen molar-refractivity contribution in [1.82, 2.24) is 10.3 Å². The second kappa shape index (κ2) is 15.6. The van der Waals surface area contributed by atoms with Gasteiger partial charge in [0.25, 0.3) is 0 Å². The minimum Gasteiger partial charge on any atom is -0.464 e. The molecule has 1 aromatic carbocycles. The van der Waals surface area contributed by atoms with Crippen molar-refractivity contribution in [3.05, 3.63) is 35.9 Å².